The highest BCUT2D eigenvalue weighted by molar-refractivity contribution is 5.31. The number of nitrogens with zero attached hydrogens (tertiary/aromatic N) is 1. The number of benzene rings is 1. The number of halogens is 1. The molecular formula is C16H20FNO. The van der Waals surface area contributed by atoms with E-state index in [4.69, 9.17) is 4.74 Å². The van der Waals surface area contributed by atoms with Crippen molar-refractivity contribution < 1.29 is 9.13 Å². The Bertz CT molecular complexity index is 478. The average molecular weight is 261 g/mol. The molecule has 0 amide bonds. The fourth-order valence-electron chi connectivity index (χ4n) is 4.04. The van der Waals surface area contributed by atoms with Crippen LogP contribution in [-0.2, 0) is 17.6 Å². The highest BCUT2D eigenvalue weighted by Crippen LogP contribution is 2.34. The second kappa shape index (κ2) is 4.57. The molecule has 0 aromatic heterocycles. The molecule has 3 atom stereocenters. The Morgan fingerprint density at radius 2 is 1.89 bits per heavy atom. The summed E-state index contributed by atoms with van der Waals surface area (Å²) in [6.07, 6.45) is 3.34. The molecule has 0 bridgehead atoms. The Morgan fingerprint density at radius 3 is 2.68 bits per heavy atom. The number of aryl methyl sites for hydroxylation is 1. The molecule has 2 saturated heterocycles. The molecule has 1 aromatic carbocycles. The van der Waals surface area contributed by atoms with Gasteiger partial charge in [-0.2, -0.15) is 0 Å². The molecular weight excluding hydrogens is 241 g/mol. The standard InChI is InChI=1S/C16H20FNO/c17-15-3-1-11-2-4-16(6-12(11)5-15)18-7-13-9-19-10-14(13)8-18/h1,3,5,13-14,16H,2,4,6-10H2. The summed E-state index contributed by atoms with van der Waals surface area (Å²) in [6, 6.07) is 5.91. The Labute approximate surface area is 113 Å². The van der Waals surface area contributed by atoms with Crippen molar-refractivity contribution in [2.75, 3.05) is 26.3 Å². The van der Waals surface area contributed by atoms with Gasteiger partial charge < -0.3 is 4.74 Å². The van der Waals surface area contributed by atoms with Crippen molar-refractivity contribution >= 4 is 0 Å². The maximum atomic E-state index is 13.4. The Kier molecular flexibility index (Phi) is 2.85. The van der Waals surface area contributed by atoms with E-state index in [0.29, 0.717) is 6.04 Å². The minimum atomic E-state index is -0.0916. The van der Waals surface area contributed by atoms with Gasteiger partial charge in [0.15, 0.2) is 0 Å². The van der Waals surface area contributed by atoms with E-state index in [1.54, 1.807) is 12.1 Å². The molecule has 2 nitrogen and oxygen atoms in total. The van der Waals surface area contributed by atoms with Gasteiger partial charge in [0.05, 0.1) is 13.2 Å². The number of hydrogen-bond donors (Lipinski definition) is 0. The second-order valence-corrected chi connectivity index (χ2v) is 6.32. The van der Waals surface area contributed by atoms with Gasteiger partial charge in [-0.25, -0.2) is 4.39 Å². The first-order valence-electron chi connectivity index (χ1n) is 7.38. The fraction of sp³-hybridized carbons (Fsp3) is 0.625. The van der Waals surface area contributed by atoms with Crippen molar-refractivity contribution in [3.8, 4) is 0 Å². The van der Waals surface area contributed by atoms with Crippen LogP contribution >= 0.6 is 0 Å². The minimum Gasteiger partial charge on any atom is -0.381 e. The van der Waals surface area contributed by atoms with Crippen molar-refractivity contribution in [2.24, 2.45) is 11.8 Å². The van der Waals surface area contributed by atoms with Gasteiger partial charge in [0, 0.05) is 31.0 Å². The first-order chi connectivity index (χ1) is 9.29. The first-order valence-corrected chi connectivity index (χ1v) is 7.38. The molecule has 1 aromatic rings. The minimum absolute atomic E-state index is 0.0916. The van der Waals surface area contributed by atoms with E-state index < -0.39 is 0 Å². The Balaban J connectivity index is 1.50. The number of ether oxygens (including phenoxy) is 1. The van der Waals surface area contributed by atoms with E-state index in [1.807, 2.05) is 6.07 Å². The van der Waals surface area contributed by atoms with E-state index in [1.165, 1.54) is 30.6 Å². The fourth-order valence-corrected chi connectivity index (χ4v) is 4.04. The zero-order valence-electron chi connectivity index (χ0n) is 11.1. The van der Waals surface area contributed by atoms with Gasteiger partial charge in [-0.3, -0.25) is 4.90 Å². The Hall–Kier alpha value is -0.930. The maximum absolute atomic E-state index is 13.4. The van der Waals surface area contributed by atoms with E-state index in [-0.39, 0.29) is 5.82 Å². The SMILES string of the molecule is Fc1ccc2c(c1)CC(N1CC3COCC3C1)CC2. The molecule has 0 saturated carbocycles. The molecule has 0 N–H and O–H groups in total. The highest BCUT2D eigenvalue weighted by atomic mass is 19.1. The summed E-state index contributed by atoms with van der Waals surface area (Å²) in [5.74, 6) is 1.40. The molecule has 0 radical (unpaired) electrons. The van der Waals surface area contributed by atoms with Crippen molar-refractivity contribution in [3.63, 3.8) is 0 Å². The third kappa shape index (κ3) is 2.09. The van der Waals surface area contributed by atoms with E-state index in [2.05, 4.69) is 4.90 Å². The van der Waals surface area contributed by atoms with Crippen LogP contribution in [0.5, 0.6) is 0 Å². The third-order valence-corrected chi connectivity index (χ3v) is 5.16. The van der Waals surface area contributed by atoms with Crippen molar-refractivity contribution in [2.45, 2.75) is 25.3 Å². The molecule has 102 valence electrons. The summed E-state index contributed by atoms with van der Waals surface area (Å²) >= 11 is 0. The molecule has 19 heavy (non-hydrogen) atoms. The highest BCUT2D eigenvalue weighted by Gasteiger charge is 2.40. The number of rotatable bonds is 1. The van der Waals surface area contributed by atoms with Gasteiger partial charge in [-0.15, -0.1) is 0 Å². The smallest absolute Gasteiger partial charge is 0.123 e. The largest absolute Gasteiger partial charge is 0.381 e. The van der Waals surface area contributed by atoms with Gasteiger partial charge in [0.1, 0.15) is 5.82 Å². The van der Waals surface area contributed by atoms with Crippen LogP contribution in [0.25, 0.3) is 0 Å². The summed E-state index contributed by atoms with van der Waals surface area (Å²) in [4.78, 5) is 2.63. The van der Waals surface area contributed by atoms with Gasteiger partial charge >= 0.3 is 0 Å². The second-order valence-electron chi connectivity index (χ2n) is 6.32. The average Bonchev–Trinajstić information content (AvgIpc) is 2.98. The zero-order chi connectivity index (χ0) is 12.8. The van der Waals surface area contributed by atoms with Crippen molar-refractivity contribution in [3.05, 3.63) is 35.1 Å². The number of hydrogen-bond acceptors (Lipinski definition) is 2. The summed E-state index contributed by atoms with van der Waals surface area (Å²) in [5, 5.41) is 0. The lowest BCUT2D eigenvalue weighted by Gasteiger charge is -2.33. The number of likely N-dealkylation sites (tertiary alicyclic amines) is 1. The summed E-state index contributed by atoms with van der Waals surface area (Å²) < 4.78 is 18.9. The molecule has 3 unspecified atom stereocenters. The quantitative estimate of drug-likeness (QED) is 0.769. The van der Waals surface area contributed by atoms with Crippen LogP contribution in [0.2, 0.25) is 0 Å². The molecule has 4 rings (SSSR count). The zero-order valence-corrected chi connectivity index (χ0v) is 11.1. The van der Waals surface area contributed by atoms with Crippen molar-refractivity contribution in [1.82, 2.24) is 4.90 Å². The van der Waals surface area contributed by atoms with E-state index in [0.717, 1.165) is 37.9 Å². The van der Waals surface area contributed by atoms with Crippen LogP contribution in [0.3, 0.4) is 0 Å². The van der Waals surface area contributed by atoms with Crippen LogP contribution in [-0.4, -0.2) is 37.2 Å². The summed E-state index contributed by atoms with van der Waals surface area (Å²) in [5.41, 5.74) is 2.57. The molecule has 0 spiro atoms. The molecule has 3 heteroatoms. The first kappa shape index (κ1) is 11.9. The topological polar surface area (TPSA) is 12.5 Å². The van der Waals surface area contributed by atoms with Crippen LogP contribution in [0.4, 0.5) is 4.39 Å². The molecule has 1 aliphatic carbocycles. The molecule has 2 fully saturated rings. The normalized spacial score (nSPS) is 34.3. The van der Waals surface area contributed by atoms with Crippen molar-refractivity contribution in [1.29, 1.82) is 0 Å². The third-order valence-electron chi connectivity index (χ3n) is 5.16. The van der Waals surface area contributed by atoms with E-state index in [9.17, 15) is 4.39 Å². The summed E-state index contributed by atoms with van der Waals surface area (Å²) in [6.45, 7) is 4.25. The van der Waals surface area contributed by atoms with Gasteiger partial charge in [0.25, 0.3) is 0 Å². The predicted molar refractivity (Wildman–Crippen MR) is 71.6 cm³/mol. The van der Waals surface area contributed by atoms with Crippen LogP contribution in [0, 0.1) is 17.7 Å². The lowest BCUT2D eigenvalue weighted by Crippen LogP contribution is -2.38. The van der Waals surface area contributed by atoms with Crippen LogP contribution in [0.15, 0.2) is 18.2 Å². The number of fused-ring (bicyclic) bond motifs is 2. The predicted octanol–water partition coefficient (Wildman–Crippen LogP) is 2.26. The molecule has 2 aliphatic heterocycles. The van der Waals surface area contributed by atoms with Gasteiger partial charge in [-0.05, 0) is 42.5 Å². The Morgan fingerprint density at radius 1 is 1.11 bits per heavy atom. The lowest BCUT2D eigenvalue weighted by atomic mass is 9.87. The maximum Gasteiger partial charge on any atom is 0.123 e. The van der Waals surface area contributed by atoms with Gasteiger partial charge in [0.2, 0.25) is 0 Å². The van der Waals surface area contributed by atoms with E-state index >= 15 is 0 Å². The van der Waals surface area contributed by atoms with Crippen LogP contribution < -0.4 is 0 Å². The monoisotopic (exact) mass is 261 g/mol. The summed E-state index contributed by atoms with van der Waals surface area (Å²) in [7, 11) is 0. The molecule has 3 aliphatic rings. The lowest BCUT2D eigenvalue weighted by molar-refractivity contribution is 0.134. The molecule has 2 heterocycles. The van der Waals surface area contributed by atoms with Gasteiger partial charge in [-0.1, -0.05) is 6.07 Å². The van der Waals surface area contributed by atoms with Crippen LogP contribution in [0.1, 0.15) is 17.5 Å².